The molecular weight excluding hydrogens is 268 g/mol. The zero-order valence-corrected chi connectivity index (χ0v) is 12.2. The zero-order valence-electron chi connectivity index (χ0n) is 11.3. The largest absolute Gasteiger partial charge is 0.339 e. The second-order valence-corrected chi connectivity index (χ2v) is 8.22. The van der Waals surface area contributed by atoms with E-state index in [2.05, 4.69) is 10.1 Å². The van der Waals surface area contributed by atoms with Crippen molar-refractivity contribution in [3.8, 4) is 0 Å². The van der Waals surface area contributed by atoms with Crippen molar-refractivity contribution in [2.45, 2.75) is 39.5 Å². The normalized spacial score (nSPS) is 22.6. The molecule has 0 saturated carbocycles. The van der Waals surface area contributed by atoms with E-state index < -0.39 is 15.3 Å². The molecule has 0 aliphatic carbocycles. The van der Waals surface area contributed by atoms with Gasteiger partial charge in [0.1, 0.15) is 5.78 Å². The fourth-order valence-electron chi connectivity index (χ4n) is 1.91. The maximum Gasteiger partial charge on any atom is 0.234 e. The predicted octanol–water partition coefficient (Wildman–Crippen LogP) is 1.13. The summed E-state index contributed by atoms with van der Waals surface area (Å²) >= 11 is 0. The van der Waals surface area contributed by atoms with Crippen LogP contribution in [0, 0.1) is 5.41 Å². The summed E-state index contributed by atoms with van der Waals surface area (Å²) in [5.41, 5.74) is -0.453. The Morgan fingerprint density at radius 1 is 1.42 bits per heavy atom. The number of carbonyl (C=O) groups excluding carboxylic acids is 1. The first kappa shape index (κ1) is 14.2. The second kappa shape index (κ2) is 4.70. The van der Waals surface area contributed by atoms with Crippen LogP contribution in [0.5, 0.6) is 0 Å². The SMILES string of the molecule is CC(C)(C)C(=O)Cc1nc(C2CCS(=O)(=O)C2)no1. The van der Waals surface area contributed by atoms with Gasteiger partial charge in [-0.05, 0) is 6.42 Å². The first-order valence-corrected chi connectivity index (χ1v) is 8.06. The summed E-state index contributed by atoms with van der Waals surface area (Å²) in [6, 6.07) is 0. The third kappa shape index (κ3) is 3.40. The molecule has 19 heavy (non-hydrogen) atoms. The number of rotatable bonds is 3. The number of sulfone groups is 1. The highest BCUT2D eigenvalue weighted by molar-refractivity contribution is 7.91. The smallest absolute Gasteiger partial charge is 0.234 e. The lowest BCUT2D eigenvalue weighted by Gasteiger charge is -2.14. The molecule has 1 aliphatic rings. The monoisotopic (exact) mass is 286 g/mol. The standard InChI is InChI=1S/C12H18N2O4S/c1-12(2,3)9(15)6-10-13-11(14-18-10)8-4-5-19(16,17)7-8/h8H,4-7H2,1-3H3. The topological polar surface area (TPSA) is 90.1 Å². The van der Waals surface area contributed by atoms with Gasteiger partial charge in [0, 0.05) is 11.3 Å². The average Bonchev–Trinajstić information content (AvgIpc) is 2.83. The second-order valence-electron chi connectivity index (χ2n) is 6.00. The van der Waals surface area contributed by atoms with Gasteiger partial charge >= 0.3 is 0 Å². The van der Waals surface area contributed by atoms with Gasteiger partial charge in [-0.15, -0.1) is 0 Å². The van der Waals surface area contributed by atoms with Crippen LogP contribution in [-0.4, -0.2) is 35.8 Å². The molecule has 1 fully saturated rings. The molecule has 2 rings (SSSR count). The summed E-state index contributed by atoms with van der Waals surface area (Å²) in [7, 11) is -2.97. The van der Waals surface area contributed by atoms with Crippen LogP contribution in [0.4, 0.5) is 0 Å². The molecule has 0 radical (unpaired) electrons. The van der Waals surface area contributed by atoms with E-state index in [1.807, 2.05) is 20.8 Å². The van der Waals surface area contributed by atoms with Crippen molar-refractivity contribution in [1.82, 2.24) is 10.1 Å². The van der Waals surface area contributed by atoms with Crippen LogP contribution in [0.3, 0.4) is 0 Å². The molecule has 0 N–H and O–H groups in total. The molecule has 0 bridgehead atoms. The van der Waals surface area contributed by atoms with Crippen LogP contribution in [0.1, 0.15) is 44.8 Å². The molecule has 6 nitrogen and oxygen atoms in total. The van der Waals surface area contributed by atoms with E-state index >= 15 is 0 Å². The highest BCUT2D eigenvalue weighted by Gasteiger charge is 2.32. The van der Waals surface area contributed by atoms with Gasteiger partial charge < -0.3 is 4.52 Å². The highest BCUT2D eigenvalue weighted by Crippen LogP contribution is 2.27. The van der Waals surface area contributed by atoms with E-state index in [4.69, 9.17) is 4.52 Å². The molecule has 1 aliphatic heterocycles. The number of ketones is 1. The van der Waals surface area contributed by atoms with Crippen molar-refractivity contribution in [1.29, 1.82) is 0 Å². The molecule has 1 saturated heterocycles. The van der Waals surface area contributed by atoms with Gasteiger partial charge in [-0.25, -0.2) is 8.42 Å². The van der Waals surface area contributed by atoms with E-state index in [1.54, 1.807) is 0 Å². The van der Waals surface area contributed by atoms with Crippen molar-refractivity contribution in [2.75, 3.05) is 11.5 Å². The summed E-state index contributed by atoms with van der Waals surface area (Å²) in [6.45, 7) is 5.49. The quantitative estimate of drug-likeness (QED) is 0.827. The molecule has 7 heteroatoms. The van der Waals surface area contributed by atoms with Gasteiger partial charge in [0.2, 0.25) is 5.89 Å². The summed E-state index contributed by atoms with van der Waals surface area (Å²) in [6.07, 6.45) is 0.616. The Kier molecular flexibility index (Phi) is 3.51. The van der Waals surface area contributed by atoms with Crippen molar-refractivity contribution in [2.24, 2.45) is 5.41 Å². The van der Waals surface area contributed by atoms with E-state index in [1.165, 1.54) is 0 Å². The Morgan fingerprint density at radius 3 is 2.63 bits per heavy atom. The minimum absolute atomic E-state index is 0.0155. The minimum atomic E-state index is -2.97. The van der Waals surface area contributed by atoms with Crippen molar-refractivity contribution >= 4 is 15.6 Å². The Labute approximate surface area is 112 Å². The highest BCUT2D eigenvalue weighted by atomic mass is 32.2. The van der Waals surface area contributed by atoms with Crippen LogP contribution in [-0.2, 0) is 21.1 Å². The lowest BCUT2D eigenvalue weighted by atomic mass is 9.89. The number of hydrogen-bond donors (Lipinski definition) is 0. The van der Waals surface area contributed by atoms with Crippen LogP contribution < -0.4 is 0 Å². The molecular formula is C12H18N2O4S. The van der Waals surface area contributed by atoms with Crippen LogP contribution in [0.15, 0.2) is 4.52 Å². The Bertz CT molecular complexity index is 583. The zero-order chi connectivity index (χ0) is 14.3. The van der Waals surface area contributed by atoms with E-state index in [0.29, 0.717) is 12.2 Å². The fraction of sp³-hybridized carbons (Fsp3) is 0.750. The number of nitrogens with zero attached hydrogens (tertiary/aromatic N) is 2. The van der Waals surface area contributed by atoms with Gasteiger partial charge in [-0.2, -0.15) is 4.98 Å². The number of Topliss-reactive ketones (excluding diaryl/α,β-unsaturated/α-hetero) is 1. The molecule has 0 spiro atoms. The summed E-state index contributed by atoms with van der Waals surface area (Å²) in [5.74, 6) is 0.716. The first-order chi connectivity index (χ1) is 8.67. The number of hydrogen-bond acceptors (Lipinski definition) is 6. The molecule has 1 aromatic rings. The Morgan fingerprint density at radius 2 is 2.11 bits per heavy atom. The molecule has 106 valence electrons. The maximum atomic E-state index is 11.8. The molecule has 1 unspecified atom stereocenters. The summed E-state index contributed by atoms with van der Waals surface area (Å²) < 4.78 is 27.8. The van der Waals surface area contributed by atoms with Crippen LogP contribution in [0.25, 0.3) is 0 Å². The van der Waals surface area contributed by atoms with Gasteiger partial charge in [-0.3, -0.25) is 4.79 Å². The van der Waals surface area contributed by atoms with Crippen LogP contribution >= 0.6 is 0 Å². The lowest BCUT2D eigenvalue weighted by Crippen LogP contribution is -2.22. The third-order valence-electron chi connectivity index (χ3n) is 3.23. The van der Waals surface area contributed by atoms with Gasteiger partial charge in [0.25, 0.3) is 0 Å². The molecule has 0 aromatic carbocycles. The van der Waals surface area contributed by atoms with Crippen molar-refractivity contribution in [3.63, 3.8) is 0 Å². The number of aromatic nitrogens is 2. The molecule has 0 amide bonds. The molecule has 1 atom stereocenters. The number of carbonyl (C=O) groups is 1. The lowest BCUT2D eigenvalue weighted by molar-refractivity contribution is -0.125. The van der Waals surface area contributed by atoms with E-state index in [-0.39, 0.29) is 35.5 Å². The fourth-order valence-corrected chi connectivity index (χ4v) is 3.65. The average molecular weight is 286 g/mol. The molecule has 1 aromatic heterocycles. The van der Waals surface area contributed by atoms with Crippen LogP contribution in [0.2, 0.25) is 0 Å². The third-order valence-corrected chi connectivity index (χ3v) is 5.00. The first-order valence-electron chi connectivity index (χ1n) is 6.23. The van der Waals surface area contributed by atoms with Crippen molar-refractivity contribution in [3.05, 3.63) is 11.7 Å². The van der Waals surface area contributed by atoms with Gasteiger partial charge in [0.05, 0.1) is 17.9 Å². The maximum absolute atomic E-state index is 11.8. The minimum Gasteiger partial charge on any atom is -0.339 e. The van der Waals surface area contributed by atoms with E-state index in [9.17, 15) is 13.2 Å². The van der Waals surface area contributed by atoms with Gasteiger partial charge in [0.15, 0.2) is 15.7 Å². The summed E-state index contributed by atoms with van der Waals surface area (Å²) in [5, 5.41) is 3.80. The van der Waals surface area contributed by atoms with E-state index in [0.717, 1.165) is 0 Å². The summed E-state index contributed by atoms with van der Waals surface area (Å²) in [4.78, 5) is 16.0. The molecule has 2 heterocycles. The van der Waals surface area contributed by atoms with Crippen molar-refractivity contribution < 1.29 is 17.7 Å². The Hall–Kier alpha value is -1.24. The Balaban J connectivity index is 2.06. The predicted molar refractivity (Wildman–Crippen MR) is 68.5 cm³/mol. The van der Waals surface area contributed by atoms with Gasteiger partial charge in [-0.1, -0.05) is 25.9 Å².